The fourth-order valence-electron chi connectivity index (χ4n) is 1.42. The summed E-state index contributed by atoms with van der Waals surface area (Å²) in [6, 6.07) is 5.80. The zero-order valence-electron chi connectivity index (χ0n) is 10.6. The first-order valence-corrected chi connectivity index (χ1v) is 5.95. The van der Waals surface area contributed by atoms with Crippen LogP contribution in [0.15, 0.2) is 24.3 Å². The molecular formula is C13H16FNO4. The molecule has 0 aliphatic carbocycles. The highest BCUT2D eigenvalue weighted by atomic mass is 19.1. The Morgan fingerprint density at radius 2 is 2.11 bits per heavy atom. The fourth-order valence-corrected chi connectivity index (χ4v) is 1.42. The molecule has 6 heteroatoms. The second-order valence-electron chi connectivity index (χ2n) is 3.88. The third kappa shape index (κ3) is 4.95. The van der Waals surface area contributed by atoms with Gasteiger partial charge in [-0.1, -0.05) is 19.1 Å². The molecule has 19 heavy (non-hydrogen) atoms. The van der Waals surface area contributed by atoms with E-state index in [0.29, 0.717) is 6.42 Å². The number of carbonyl (C=O) groups excluding carboxylic acids is 1. The molecule has 1 rings (SSSR count). The number of para-hydroxylation sites is 1. The van der Waals surface area contributed by atoms with E-state index >= 15 is 0 Å². The van der Waals surface area contributed by atoms with E-state index in [1.807, 2.05) is 0 Å². The molecule has 0 saturated carbocycles. The number of nitrogens with one attached hydrogen (secondary N) is 1. The summed E-state index contributed by atoms with van der Waals surface area (Å²) in [5.41, 5.74) is 0. The Bertz CT molecular complexity index is 450. The zero-order chi connectivity index (χ0) is 14.3. The monoisotopic (exact) mass is 269 g/mol. The van der Waals surface area contributed by atoms with Gasteiger partial charge < -0.3 is 15.2 Å². The van der Waals surface area contributed by atoms with Crippen LogP contribution in [-0.4, -0.2) is 29.6 Å². The van der Waals surface area contributed by atoms with Gasteiger partial charge in [-0.25, -0.2) is 4.39 Å². The molecule has 1 unspecified atom stereocenters. The largest absolute Gasteiger partial charge is 0.481 e. The Morgan fingerprint density at radius 1 is 1.42 bits per heavy atom. The van der Waals surface area contributed by atoms with Gasteiger partial charge in [-0.05, 0) is 18.6 Å². The van der Waals surface area contributed by atoms with Gasteiger partial charge in [0.05, 0.1) is 6.42 Å². The third-order valence-electron chi connectivity index (χ3n) is 2.41. The van der Waals surface area contributed by atoms with E-state index in [1.165, 1.54) is 18.2 Å². The van der Waals surface area contributed by atoms with Crippen LogP contribution in [-0.2, 0) is 9.59 Å². The first kappa shape index (κ1) is 14.9. The molecule has 0 bridgehead atoms. The lowest BCUT2D eigenvalue weighted by Crippen LogP contribution is -2.39. The minimum Gasteiger partial charge on any atom is -0.481 e. The Balaban J connectivity index is 2.55. The van der Waals surface area contributed by atoms with Gasteiger partial charge in [0.25, 0.3) is 5.91 Å². The topological polar surface area (TPSA) is 75.6 Å². The number of aliphatic carboxylic acids is 1. The average Bonchev–Trinajstić information content (AvgIpc) is 2.37. The fraction of sp³-hybridized carbons (Fsp3) is 0.385. The summed E-state index contributed by atoms with van der Waals surface area (Å²) in [4.78, 5) is 22.0. The predicted octanol–water partition coefficient (Wildman–Crippen LogP) is 1.57. The van der Waals surface area contributed by atoms with Crippen molar-refractivity contribution in [2.24, 2.45) is 0 Å². The molecule has 0 aliphatic heterocycles. The maximum absolute atomic E-state index is 13.4. The van der Waals surface area contributed by atoms with Crippen LogP contribution in [0.2, 0.25) is 0 Å². The maximum Gasteiger partial charge on any atom is 0.305 e. The molecule has 0 spiro atoms. The highest BCUT2D eigenvalue weighted by Gasteiger charge is 2.19. The number of hydrogen-bond acceptors (Lipinski definition) is 3. The first-order chi connectivity index (χ1) is 9.04. The van der Waals surface area contributed by atoms with Gasteiger partial charge in [0.2, 0.25) is 0 Å². The molecule has 2 N–H and O–H groups in total. The minimum atomic E-state index is -0.997. The van der Waals surface area contributed by atoms with Crippen molar-refractivity contribution in [1.29, 1.82) is 0 Å². The van der Waals surface area contributed by atoms with Crippen LogP contribution in [0.1, 0.15) is 19.8 Å². The molecule has 104 valence electrons. The molecule has 1 atom stereocenters. The molecule has 5 nitrogen and oxygen atoms in total. The number of ether oxygens (including phenoxy) is 1. The zero-order valence-corrected chi connectivity index (χ0v) is 10.6. The number of carboxylic acids is 1. The lowest BCUT2D eigenvalue weighted by Gasteiger charge is -2.17. The number of rotatable bonds is 7. The van der Waals surface area contributed by atoms with E-state index < -0.39 is 23.8 Å². The molecule has 1 aromatic carbocycles. The Kier molecular flexibility index (Phi) is 5.78. The number of amides is 1. The van der Waals surface area contributed by atoms with Crippen molar-refractivity contribution in [3.63, 3.8) is 0 Å². The summed E-state index contributed by atoms with van der Waals surface area (Å²) < 4.78 is 18.7. The van der Waals surface area contributed by atoms with Crippen molar-refractivity contribution in [1.82, 2.24) is 5.32 Å². The highest BCUT2D eigenvalue weighted by Crippen LogP contribution is 2.18. The van der Waals surface area contributed by atoms with Gasteiger partial charge >= 0.3 is 5.97 Å². The van der Waals surface area contributed by atoms with E-state index in [2.05, 4.69) is 5.32 Å². The normalized spacial score (nSPS) is 11.7. The molecule has 0 heterocycles. The van der Waals surface area contributed by atoms with E-state index in [-0.39, 0.29) is 18.7 Å². The standard InChI is InChI=1S/C13H16FNO4/c1-2-10(13(18)15-8-7-12(16)17)19-11-6-4-3-5-9(11)14/h3-6,10H,2,7-8H2,1H3,(H,15,18)(H,16,17). The first-order valence-electron chi connectivity index (χ1n) is 5.95. The van der Waals surface area contributed by atoms with Gasteiger partial charge in [0.1, 0.15) is 0 Å². The SMILES string of the molecule is CCC(Oc1ccccc1F)C(=O)NCCC(=O)O. The second kappa shape index (κ2) is 7.35. The van der Waals surface area contributed by atoms with Gasteiger partial charge in [0, 0.05) is 6.54 Å². The summed E-state index contributed by atoms with van der Waals surface area (Å²) >= 11 is 0. The van der Waals surface area contributed by atoms with Crippen LogP contribution in [0.5, 0.6) is 5.75 Å². The van der Waals surface area contributed by atoms with Crippen molar-refractivity contribution in [3.05, 3.63) is 30.1 Å². The van der Waals surface area contributed by atoms with Crippen LogP contribution < -0.4 is 10.1 Å². The summed E-state index contributed by atoms with van der Waals surface area (Å²) in [7, 11) is 0. The molecule has 0 aliphatic rings. The van der Waals surface area contributed by atoms with Crippen molar-refractivity contribution in [2.45, 2.75) is 25.9 Å². The van der Waals surface area contributed by atoms with Crippen LogP contribution in [0, 0.1) is 5.82 Å². The van der Waals surface area contributed by atoms with Crippen LogP contribution in [0.25, 0.3) is 0 Å². The summed E-state index contributed by atoms with van der Waals surface area (Å²) in [6.45, 7) is 1.74. The van der Waals surface area contributed by atoms with Crippen molar-refractivity contribution in [2.75, 3.05) is 6.54 Å². The van der Waals surface area contributed by atoms with E-state index in [0.717, 1.165) is 0 Å². The van der Waals surface area contributed by atoms with Gasteiger partial charge in [-0.2, -0.15) is 0 Å². The molecule has 0 fully saturated rings. The number of halogens is 1. The Hall–Kier alpha value is -2.11. The summed E-state index contributed by atoms with van der Waals surface area (Å²) in [5.74, 6) is -1.99. The van der Waals surface area contributed by atoms with Crippen molar-refractivity contribution in [3.8, 4) is 5.75 Å². The van der Waals surface area contributed by atoms with Crippen LogP contribution >= 0.6 is 0 Å². The number of hydrogen-bond donors (Lipinski definition) is 2. The van der Waals surface area contributed by atoms with Gasteiger partial charge in [-0.3, -0.25) is 9.59 Å². The van der Waals surface area contributed by atoms with Crippen molar-refractivity contribution < 1.29 is 23.8 Å². The highest BCUT2D eigenvalue weighted by molar-refractivity contribution is 5.81. The third-order valence-corrected chi connectivity index (χ3v) is 2.41. The summed E-state index contributed by atoms with van der Waals surface area (Å²) in [5, 5.41) is 10.9. The van der Waals surface area contributed by atoms with E-state index in [1.54, 1.807) is 13.0 Å². The Morgan fingerprint density at radius 3 is 2.68 bits per heavy atom. The van der Waals surface area contributed by atoms with Crippen LogP contribution in [0.3, 0.4) is 0 Å². The second-order valence-corrected chi connectivity index (χ2v) is 3.88. The molecule has 0 saturated heterocycles. The maximum atomic E-state index is 13.4. The number of carboxylic acid groups (broad SMARTS) is 1. The minimum absolute atomic E-state index is 0.00253. The van der Waals surface area contributed by atoms with Crippen molar-refractivity contribution >= 4 is 11.9 Å². The Labute approximate surface area is 110 Å². The van der Waals surface area contributed by atoms with E-state index in [4.69, 9.17) is 9.84 Å². The quantitative estimate of drug-likeness (QED) is 0.788. The summed E-state index contributed by atoms with van der Waals surface area (Å²) in [6.07, 6.45) is -0.652. The molecule has 0 radical (unpaired) electrons. The number of carbonyl (C=O) groups is 2. The average molecular weight is 269 g/mol. The van der Waals surface area contributed by atoms with Gasteiger partial charge in [0.15, 0.2) is 17.7 Å². The predicted molar refractivity (Wildman–Crippen MR) is 66.4 cm³/mol. The molecule has 0 aromatic heterocycles. The smallest absolute Gasteiger partial charge is 0.305 e. The van der Waals surface area contributed by atoms with Gasteiger partial charge in [-0.15, -0.1) is 0 Å². The molecule has 1 amide bonds. The molecule has 1 aromatic rings. The van der Waals surface area contributed by atoms with Crippen LogP contribution in [0.4, 0.5) is 4.39 Å². The number of benzene rings is 1. The lowest BCUT2D eigenvalue weighted by molar-refractivity contribution is -0.137. The lowest BCUT2D eigenvalue weighted by atomic mass is 10.2. The molecular weight excluding hydrogens is 253 g/mol. The van der Waals surface area contributed by atoms with E-state index in [9.17, 15) is 14.0 Å².